The fraction of sp³-hybridized carbons (Fsp3) is 0.389. The van der Waals surface area contributed by atoms with E-state index in [4.69, 9.17) is 23.2 Å². The Morgan fingerprint density at radius 3 is 2.69 bits per heavy atom. The van der Waals surface area contributed by atoms with Crippen LogP contribution in [0.4, 0.5) is 5.13 Å². The van der Waals surface area contributed by atoms with E-state index in [1.54, 1.807) is 6.07 Å². The standard InChI is InChI=1S/C18H19Cl2N3O2S/c19-12-6-7-13(14(20)8-12)17(25)21-9-16(24)23-18-22-15(10-26-18)11-4-2-1-3-5-11/h6-8,10-11H,1-5,9H2,(H,21,25)(H,22,23,24). The van der Waals surface area contributed by atoms with Crippen molar-refractivity contribution in [3.05, 3.63) is 44.9 Å². The maximum absolute atomic E-state index is 12.1. The van der Waals surface area contributed by atoms with Crippen LogP contribution in [0, 0.1) is 0 Å². The van der Waals surface area contributed by atoms with Crippen LogP contribution in [0.2, 0.25) is 10.0 Å². The quantitative estimate of drug-likeness (QED) is 0.736. The van der Waals surface area contributed by atoms with E-state index in [2.05, 4.69) is 15.6 Å². The van der Waals surface area contributed by atoms with Crippen molar-refractivity contribution in [2.45, 2.75) is 38.0 Å². The first-order valence-corrected chi connectivity index (χ1v) is 10.1. The van der Waals surface area contributed by atoms with Crippen LogP contribution in [0.1, 0.15) is 54.1 Å². The number of carbonyl (C=O) groups is 2. The van der Waals surface area contributed by atoms with Gasteiger partial charge in [-0.2, -0.15) is 0 Å². The largest absolute Gasteiger partial charge is 0.343 e. The highest BCUT2D eigenvalue weighted by Crippen LogP contribution is 2.34. The smallest absolute Gasteiger partial charge is 0.253 e. The molecular weight excluding hydrogens is 393 g/mol. The van der Waals surface area contributed by atoms with Gasteiger partial charge in [-0.1, -0.05) is 42.5 Å². The zero-order chi connectivity index (χ0) is 18.5. The van der Waals surface area contributed by atoms with Gasteiger partial charge in [-0.15, -0.1) is 11.3 Å². The minimum atomic E-state index is -0.427. The Balaban J connectivity index is 1.51. The van der Waals surface area contributed by atoms with Crippen LogP contribution >= 0.6 is 34.5 Å². The first-order chi connectivity index (χ1) is 12.5. The molecule has 1 aromatic heterocycles. The number of rotatable bonds is 5. The van der Waals surface area contributed by atoms with Gasteiger partial charge in [-0.3, -0.25) is 9.59 Å². The van der Waals surface area contributed by atoms with Crippen molar-refractivity contribution in [2.24, 2.45) is 0 Å². The molecule has 0 unspecified atom stereocenters. The van der Waals surface area contributed by atoms with Crippen molar-refractivity contribution < 1.29 is 9.59 Å². The molecule has 1 aliphatic rings. The molecule has 1 fully saturated rings. The van der Waals surface area contributed by atoms with E-state index >= 15 is 0 Å². The Labute approximate surface area is 166 Å². The number of nitrogens with one attached hydrogen (secondary N) is 2. The summed E-state index contributed by atoms with van der Waals surface area (Å²) in [5.41, 5.74) is 1.33. The summed E-state index contributed by atoms with van der Waals surface area (Å²) in [4.78, 5) is 28.7. The van der Waals surface area contributed by atoms with Crippen LogP contribution in [0.15, 0.2) is 23.6 Å². The highest BCUT2D eigenvalue weighted by molar-refractivity contribution is 7.13. The van der Waals surface area contributed by atoms with Crippen molar-refractivity contribution in [2.75, 3.05) is 11.9 Å². The Morgan fingerprint density at radius 1 is 1.19 bits per heavy atom. The van der Waals surface area contributed by atoms with Crippen molar-refractivity contribution in [1.29, 1.82) is 0 Å². The number of nitrogens with zero attached hydrogens (tertiary/aromatic N) is 1. The van der Waals surface area contributed by atoms with Crippen LogP contribution in [-0.2, 0) is 4.79 Å². The van der Waals surface area contributed by atoms with Crippen molar-refractivity contribution in [3.63, 3.8) is 0 Å². The number of anilines is 1. The lowest BCUT2D eigenvalue weighted by molar-refractivity contribution is -0.115. The molecule has 2 amide bonds. The fourth-order valence-electron chi connectivity index (χ4n) is 3.02. The predicted octanol–water partition coefficient (Wildman–Crippen LogP) is 4.87. The molecule has 2 aromatic rings. The summed E-state index contributed by atoms with van der Waals surface area (Å²) in [5, 5.41) is 8.54. The van der Waals surface area contributed by atoms with Gasteiger partial charge in [0, 0.05) is 16.3 Å². The van der Waals surface area contributed by atoms with Crippen LogP contribution in [0.25, 0.3) is 0 Å². The summed E-state index contributed by atoms with van der Waals surface area (Å²) in [5.74, 6) is -0.255. The van der Waals surface area contributed by atoms with E-state index in [1.165, 1.54) is 42.7 Å². The average molecular weight is 412 g/mol. The number of carbonyl (C=O) groups excluding carboxylic acids is 2. The molecule has 3 rings (SSSR count). The van der Waals surface area contributed by atoms with Gasteiger partial charge in [0.05, 0.1) is 22.8 Å². The SMILES string of the molecule is O=C(CNC(=O)c1ccc(Cl)cc1Cl)Nc1nc(C2CCCCC2)cs1. The Bertz CT molecular complexity index is 803. The summed E-state index contributed by atoms with van der Waals surface area (Å²) >= 11 is 13.2. The number of aromatic nitrogens is 1. The highest BCUT2D eigenvalue weighted by Gasteiger charge is 2.19. The summed E-state index contributed by atoms with van der Waals surface area (Å²) < 4.78 is 0. The second-order valence-corrected chi connectivity index (χ2v) is 7.97. The van der Waals surface area contributed by atoms with Crippen molar-refractivity contribution in [1.82, 2.24) is 10.3 Å². The molecule has 0 radical (unpaired) electrons. The van der Waals surface area contributed by atoms with Gasteiger partial charge in [0.25, 0.3) is 5.91 Å². The molecule has 5 nitrogen and oxygen atoms in total. The lowest BCUT2D eigenvalue weighted by Crippen LogP contribution is -2.33. The minimum Gasteiger partial charge on any atom is -0.343 e. The third-order valence-corrected chi connectivity index (χ3v) is 5.70. The van der Waals surface area contributed by atoms with E-state index in [-0.39, 0.29) is 23.0 Å². The third kappa shape index (κ3) is 4.96. The van der Waals surface area contributed by atoms with Gasteiger partial charge < -0.3 is 10.6 Å². The van der Waals surface area contributed by atoms with Gasteiger partial charge in [-0.25, -0.2) is 4.98 Å². The summed E-state index contributed by atoms with van der Waals surface area (Å²) in [6, 6.07) is 4.58. The van der Waals surface area contributed by atoms with Gasteiger partial charge in [-0.05, 0) is 31.0 Å². The summed E-state index contributed by atoms with van der Waals surface area (Å²) in [7, 11) is 0. The molecule has 138 valence electrons. The molecule has 2 N–H and O–H groups in total. The molecule has 0 atom stereocenters. The van der Waals surface area contributed by atoms with Gasteiger partial charge in [0.1, 0.15) is 0 Å². The highest BCUT2D eigenvalue weighted by atomic mass is 35.5. The maximum atomic E-state index is 12.1. The number of halogens is 2. The van der Waals surface area contributed by atoms with E-state index < -0.39 is 5.91 Å². The molecule has 0 saturated heterocycles. The fourth-order valence-corrected chi connectivity index (χ4v) is 4.33. The van der Waals surface area contributed by atoms with E-state index in [1.807, 2.05) is 5.38 Å². The minimum absolute atomic E-state index is 0.157. The van der Waals surface area contributed by atoms with Crippen LogP contribution in [-0.4, -0.2) is 23.3 Å². The molecule has 1 saturated carbocycles. The lowest BCUT2D eigenvalue weighted by Gasteiger charge is -2.19. The number of hydrogen-bond donors (Lipinski definition) is 2. The zero-order valence-electron chi connectivity index (χ0n) is 14.1. The lowest BCUT2D eigenvalue weighted by atomic mass is 9.87. The van der Waals surface area contributed by atoms with Gasteiger partial charge >= 0.3 is 0 Å². The molecule has 1 heterocycles. The molecule has 0 spiro atoms. The van der Waals surface area contributed by atoms with Crippen LogP contribution < -0.4 is 10.6 Å². The predicted molar refractivity (Wildman–Crippen MR) is 105 cm³/mol. The summed E-state index contributed by atoms with van der Waals surface area (Å²) in [6.45, 7) is -0.157. The third-order valence-electron chi connectivity index (χ3n) is 4.38. The Kier molecular flexibility index (Phi) is 6.51. The Morgan fingerprint density at radius 2 is 1.96 bits per heavy atom. The molecule has 1 aromatic carbocycles. The van der Waals surface area contributed by atoms with Crippen LogP contribution in [0.5, 0.6) is 0 Å². The molecule has 26 heavy (non-hydrogen) atoms. The normalized spacial score (nSPS) is 14.8. The molecule has 1 aliphatic carbocycles. The average Bonchev–Trinajstić information content (AvgIpc) is 3.09. The molecule has 8 heteroatoms. The first-order valence-electron chi connectivity index (χ1n) is 8.51. The first kappa shape index (κ1) is 19.1. The number of hydrogen-bond acceptors (Lipinski definition) is 4. The molecule has 0 bridgehead atoms. The number of thiazole rings is 1. The van der Waals surface area contributed by atoms with Gasteiger partial charge in [0.2, 0.25) is 5.91 Å². The van der Waals surface area contributed by atoms with E-state index in [0.717, 1.165) is 18.5 Å². The monoisotopic (exact) mass is 411 g/mol. The van der Waals surface area contributed by atoms with E-state index in [0.29, 0.717) is 16.1 Å². The van der Waals surface area contributed by atoms with Crippen LogP contribution in [0.3, 0.4) is 0 Å². The van der Waals surface area contributed by atoms with Gasteiger partial charge in [0.15, 0.2) is 5.13 Å². The van der Waals surface area contributed by atoms with E-state index in [9.17, 15) is 9.59 Å². The van der Waals surface area contributed by atoms with Crippen molar-refractivity contribution >= 4 is 51.5 Å². The topological polar surface area (TPSA) is 71.1 Å². The second kappa shape index (κ2) is 8.84. The zero-order valence-corrected chi connectivity index (χ0v) is 16.4. The molecule has 0 aliphatic heterocycles. The summed E-state index contributed by atoms with van der Waals surface area (Å²) in [6.07, 6.45) is 6.10. The maximum Gasteiger partial charge on any atom is 0.253 e. The Hall–Kier alpha value is -1.63. The van der Waals surface area contributed by atoms with Crippen molar-refractivity contribution in [3.8, 4) is 0 Å². The molecular formula is C18H19Cl2N3O2S. The second-order valence-electron chi connectivity index (χ2n) is 6.27. The number of amides is 2. The number of benzene rings is 1.